The van der Waals surface area contributed by atoms with Crippen LogP contribution in [0.3, 0.4) is 0 Å². The standard InChI is InChI=1S/C20H17Cl2N3O3/c1-2-11-24-17(12-18(26)23-15-7-3-13(21)4-8-15)19(27)25(20(24)28)16-9-5-14(22)6-10-16/h2-10,17H,1,11-12H2,(H,23,26)/t17-/m0/s1. The van der Waals surface area contributed by atoms with Crippen molar-refractivity contribution in [2.75, 3.05) is 16.8 Å². The van der Waals surface area contributed by atoms with E-state index >= 15 is 0 Å². The lowest BCUT2D eigenvalue weighted by Crippen LogP contribution is -2.38. The Morgan fingerprint density at radius 2 is 1.61 bits per heavy atom. The van der Waals surface area contributed by atoms with E-state index in [1.54, 1.807) is 48.5 Å². The molecule has 2 aromatic rings. The molecule has 0 aromatic heterocycles. The number of halogens is 2. The average molecular weight is 418 g/mol. The highest BCUT2D eigenvalue weighted by molar-refractivity contribution is 6.31. The van der Waals surface area contributed by atoms with Gasteiger partial charge in [-0.3, -0.25) is 9.59 Å². The van der Waals surface area contributed by atoms with Crippen molar-refractivity contribution in [2.24, 2.45) is 0 Å². The maximum Gasteiger partial charge on any atom is 0.332 e. The molecule has 0 spiro atoms. The molecule has 1 N–H and O–H groups in total. The summed E-state index contributed by atoms with van der Waals surface area (Å²) in [5, 5.41) is 3.74. The summed E-state index contributed by atoms with van der Waals surface area (Å²) in [4.78, 5) is 40.5. The fourth-order valence-electron chi connectivity index (χ4n) is 2.93. The molecule has 6 nitrogen and oxygen atoms in total. The zero-order valence-corrected chi connectivity index (χ0v) is 16.3. The Hall–Kier alpha value is -2.83. The molecule has 0 aliphatic carbocycles. The molecule has 1 saturated heterocycles. The second kappa shape index (κ2) is 8.46. The second-order valence-electron chi connectivity index (χ2n) is 6.15. The molecule has 144 valence electrons. The number of nitrogens with zero attached hydrogens (tertiary/aromatic N) is 2. The lowest BCUT2D eigenvalue weighted by Gasteiger charge is -2.19. The summed E-state index contributed by atoms with van der Waals surface area (Å²) >= 11 is 11.7. The lowest BCUT2D eigenvalue weighted by molar-refractivity contribution is -0.124. The van der Waals surface area contributed by atoms with E-state index in [1.165, 1.54) is 11.0 Å². The second-order valence-corrected chi connectivity index (χ2v) is 7.02. The van der Waals surface area contributed by atoms with E-state index in [9.17, 15) is 14.4 Å². The summed E-state index contributed by atoms with van der Waals surface area (Å²) in [7, 11) is 0. The minimum atomic E-state index is -0.923. The van der Waals surface area contributed by atoms with E-state index in [-0.39, 0.29) is 18.9 Å². The molecule has 4 amide bonds. The molecule has 0 unspecified atom stereocenters. The first-order valence-corrected chi connectivity index (χ1v) is 9.22. The topological polar surface area (TPSA) is 69.7 Å². The van der Waals surface area contributed by atoms with Crippen molar-refractivity contribution in [3.8, 4) is 0 Å². The monoisotopic (exact) mass is 417 g/mol. The first-order chi connectivity index (χ1) is 13.4. The van der Waals surface area contributed by atoms with Crippen LogP contribution in [0.4, 0.5) is 16.2 Å². The van der Waals surface area contributed by atoms with Crippen LogP contribution in [0.1, 0.15) is 6.42 Å². The first-order valence-electron chi connectivity index (χ1n) is 8.47. The summed E-state index contributed by atoms with van der Waals surface area (Å²) in [5.41, 5.74) is 0.949. The predicted molar refractivity (Wildman–Crippen MR) is 110 cm³/mol. The maximum absolute atomic E-state index is 12.9. The number of hydrogen-bond acceptors (Lipinski definition) is 3. The van der Waals surface area contributed by atoms with Crippen LogP contribution >= 0.6 is 23.2 Å². The number of anilines is 2. The number of carbonyl (C=O) groups is 3. The van der Waals surface area contributed by atoms with Crippen molar-refractivity contribution >= 4 is 52.4 Å². The molecule has 1 aliphatic heterocycles. The molecule has 3 rings (SSSR count). The van der Waals surface area contributed by atoms with Crippen LogP contribution in [0, 0.1) is 0 Å². The molecule has 1 fully saturated rings. The molecule has 1 atom stereocenters. The fourth-order valence-corrected chi connectivity index (χ4v) is 3.18. The number of benzene rings is 2. The van der Waals surface area contributed by atoms with Gasteiger partial charge in [0.2, 0.25) is 5.91 Å². The Balaban J connectivity index is 1.79. The summed E-state index contributed by atoms with van der Waals surface area (Å²) in [6, 6.07) is 11.5. The zero-order valence-electron chi connectivity index (χ0n) is 14.8. The number of carbonyl (C=O) groups excluding carboxylic acids is 3. The van der Waals surface area contributed by atoms with Gasteiger partial charge in [0.25, 0.3) is 5.91 Å². The van der Waals surface area contributed by atoms with Crippen LogP contribution in [0.5, 0.6) is 0 Å². The van der Waals surface area contributed by atoms with E-state index in [1.807, 2.05) is 0 Å². The van der Waals surface area contributed by atoms with Gasteiger partial charge in [-0.2, -0.15) is 0 Å². The summed E-state index contributed by atoms with van der Waals surface area (Å²) in [6.45, 7) is 3.77. The fraction of sp³-hybridized carbons (Fsp3) is 0.150. The average Bonchev–Trinajstić information content (AvgIpc) is 2.89. The van der Waals surface area contributed by atoms with Crippen molar-refractivity contribution in [1.29, 1.82) is 0 Å². The van der Waals surface area contributed by atoms with Crippen molar-refractivity contribution in [3.05, 3.63) is 71.2 Å². The molecule has 2 aromatic carbocycles. The Bertz CT molecular complexity index is 913. The largest absolute Gasteiger partial charge is 0.332 e. The molecule has 0 saturated carbocycles. The number of amides is 4. The van der Waals surface area contributed by atoms with Gasteiger partial charge in [0.15, 0.2) is 0 Å². The highest BCUT2D eigenvalue weighted by Gasteiger charge is 2.46. The first kappa shape index (κ1) is 19.9. The lowest BCUT2D eigenvalue weighted by atomic mass is 10.1. The van der Waals surface area contributed by atoms with Gasteiger partial charge in [-0.1, -0.05) is 29.3 Å². The van der Waals surface area contributed by atoms with Gasteiger partial charge >= 0.3 is 6.03 Å². The number of imide groups is 1. The number of rotatable bonds is 6. The Morgan fingerprint density at radius 3 is 2.18 bits per heavy atom. The van der Waals surface area contributed by atoms with Crippen molar-refractivity contribution in [3.63, 3.8) is 0 Å². The summed E-state index contributed by atoms with van der Waals surface area (Å²) < 4.78 is 0. The van der Waals surface area contributed by atoms with Crippen LogP contribution in [0.15, 0.2) is 61.2 Å². The van der Waals surface area contributed by atoms with Gasteiger partial charge in [-0.25, -0.2) is 9.69 Å². The Kier molecular flexibility index (Phi) is 6.02. The zero-order chi connectivity index (χ0) is 20.3. The van der Waals surface area contributed by atoms with Crippen LogP contribution in [-0.2, 0) is 9.59 Å². The summed E-state index contributed by atoms with van der Waals surface area (Å²) in [5.74, 6) is -0.860. The predicted octanol–water partition coefficient (Wildman–Crippen LogP) is 4.35. The van der Waals surface area contributed by atoms with E-state index in [2.05, 4.69) is 11.9 Å². The maximum atomic E-state index is 12.9. The van der Waals surface area contributed by atoms with Crippen molar-refractivity contribution in [1.82, 2.24) is 4.90 Å². The van der Waals surface area contributed by atoms with E-state index in [0.717, 1.165) is 4.90 Å². The highest BCUT2D eigenvalue weighted by Crippen LogP contribution is 2.28. The van der Waals surface area contributed by atoms with Crippen LogP contribution in [0.25, 0.3) is 0 Å². The molecular weight excluding hydrogens is 401 g/mol. The van der Waals surface area contributed by atoms with Crippen LogP contribution in [-0.4, -0.2) is 35.3 Å². The van der Waals surface area contributed by atoms with Crippen molar-refractivity contribution in [2.45, 2.75) is 12.5 Å². The van der Waals surface area contributed by atoms with E-state index in [0.29, 0.717) is 21.4 Å². The molecule has 1 aliphatic rings. The summed E-state index contributed by atoms with van der Waals surface area (Å²) in [6.07, 6.45) is 1.34. The Morgan fingerprint density at radius 1 is 1.04 bits per heavy atom. The molecule has 0 bridgehead atoms. The molecular formula is C20H17Cl2N3O3. The molecule has 8 heteroatoms. The van der Waals surface area contributed by atoms with Crippen molar-refractivity contribution < 1.29 is 14.4 Å². The number of nitrogens with one attached hydrogen (secondary N) is 1. The van der Waals surface area contributed by atoms with Gasteiger partial charge < -0.3 is 10.2 Å². The van der Waals surface area contributed by atoms with Crippen LogP contribution in [0.2, 0.25) is 10.0 Å². The third-order valence-corrected chi connectivity index (χ3v) is 4.74. The minimum absolute atomic E-state index is 0.146. The van der Waals surface area contributed by atoms with E-state index < -0.39 is 18.0 Å². The number of urea groups is 1. The smallest absolute Gasteiger partial charge is 0.326 e. The van der Waals surface area contributed by atoms with Gasteiger partial charge in [-0.15, -0.1) is 6.58 Å². The minimum Gasteiger partial charge on any atom is -0.326 e. The van der Waals surface area contributed by atoms with Crippen LogP contribution < -0.4 is 10.2 Å². The van der Waals surface area contributed by atoms with Gasteiger partial charge in [-0.05, 0) is 48.5 Å². The highest BCUT2D eigenvalue weighted by atomic mass is 35.5. The van der Waals surface area contributed by atoms with E-state index in [4.69, 9.17) is 23.2 Å². The molecule has 1 heterocycles. The third kappa shape index (κ3) is 4.18. The van der Waals surface area contributed by atoms with Gasteiger partial charge in [0.05, 0.1) is 12.1 Å². The SMILES string of the molecule is C=CCN1C(=O)N(c2ccc(Cl)cc2)C(=O)[C@@H]1CC(=O)Nc1ccc(Cl)cc1. The molecule has 0 radical (unpaired) electrons. The molecule has 28 heavy (non-hydrogen) atoms. The normalized spacial score (nSPS) is 16.4. The quantitative estimate of drug-likeness (QED) is 0.560. The Labute approximate surface area is 172 Å². The van der Waals surface area contributed by atoms with Gasteiger partial charge in [0.1, 0.15) is 6.04 Å². The number of hydrogen-bond donors (Lipinski definition) is 1. The van der Waals surface area contributed by atoms with Gasteiger partial charge in [0, 0.05) is 22.3 Å². The third-order valence-electron chi connectivity index (χ3n) is 4.24.